The summed E-state index contributed by atoms with van der Waals surface area (Å²) in [6, 6.07) is -0.284. The lowest BCUT2D eigenvalue weighted by Gasteiger charge is -2.11. The molecule has 0 bridgehead atoms. The summed E-state index contributed by atoms with van der Waals surface area (Å²) in [5.41, 5.74) is 10.8. The summed E-state index contributed by atoms with van der Waals surface area (Å²) >= 11 is 1.85. The van der Waals surface area contributed by atoms with Crippen molar-refractivity contribution in [3.8, 4) is 0 Å². The van der Waals surface area contributed by atoms with Crippen LogP contribution in [-0.4, -0.2) is 35.6 Å². The summed E-state index contributed by atoms with van der Waals surface area (Å²) < 4.78 is 0. The SMILES string of the molecule is C=C(CON)NNC(=O)CCCC[C@H]1C[C@@H](NC(N)=O)CS1. The molecule has 0 saturated carbocycles. The first-order valence-electron chi connectivity index (χ1n) is 7.23. The van der Waals surface area contributed by atoms with Gasteiger partial charge in [-0.25, -0.2) is 10.7 Å². The largest absolute Gasteiger partial charge is 0.352 e. The lowest BCUT2D eigenvalue weighted by Crippen LogP contribution is -2.38. The van der Waals surface area contributed by atoms with Crippen LogP contribution < -0.4 is 27.8 Å². The summed E-state index contributed by atoms with van der Waals surface area (Å²) in [6.45, 7) is 3.76. The lowest BCUT2D eigenvalue weighted by molar-refractivity contribution is -0.122. The molecule has 1 saturated heterocycles. The van der Waals surface area contributed by atoms with Gasteiger partial charge in [-0.05, 0) is 19.3 Å². The van der Waals surface area contributed by atoms with Gasteiger partial charge in [-0.2, -0.15) is 11.8 Å². The molecule has 0 aliphatic carbocycles. The highest BCUT2D eigenvalue weighted by Crippen LogP contribution is 2.30. The molecule has 7 N–H and O–H groups in total. The van der Waals surface area contributed by atoms with Crippen molar-refractivity contribution < 1.29 is 14.4 Å². The highest BCUT2D eigenvalue weighted by atomic mass is 32.2. The van der Waals surface area contributed by atoms with E-state index >= 15 is 0 Å². The standard InChI is InChI=1S/C13H25N5O3S/c1-9(7-21-15)17-18-12(19)5-3-2-4-11-6-10(8-22-11)16-13(14)20/h10-11,17H,1-8,15H2,(H,18,19)(H3,14,16,20)/t10-,11+/m1/s1. The molecule has 9 heteroatoms. The maximum Gasteiger partial charge on any atom is 0.312 e. The number of amides is 3. The summed E-state index contributed by atoms with van der Waals surface area (Å²) in [7, 11) is 0. The molecule has 1 aliphatic heterocycles. The molecular formula is C13H25N5O3S. The Morgan fingerprint density at radius 1 is 1.32 bits per heavy atom. The van der Waals surface area contributed by atoms with E-state index in [1.807, 2.05) is 11.8 Å². The second-order valence-corrected chi connectivity index (χ2v) is 6.56. The quantitative estimate of drug-likeness (QED) is 0.285. The van der Waals surface area contributed by atoms with Crippen LogP contribution in [0.1, 0.15) is 32.1 Å². The Hall–Kier alpha value is -1.45. The van der Waals surface area contributed by atoms with Gasteiger partial charge < -0.3 is 16.5 Å². The number of unbranched alkanes of at least 4 members (excludes halogenated alkanes) is 1. The first-order chi connectivity index (χ1) is 10.5. The molecule has 0 aromatic heterocycles. The van der Waals surface area contributed by atoms with Crippen molar-refractivity contribution in [2.24, 2.45) is 11.6 Å². The number of nitrogens with two attached hydrogens (primary N) is 2. The predicted octanol–water partition coefficient (Wildman–Crippen LogP) is 0.114. The molecule has 1 aliphatic rings. The third kappa shape index (κ3) is 8.11. The zero-order chi connectivity index (χ0) is 16.4. The Morgan fingerprint density at radius 3 is 2.77 bits per heavy atom. The molecule has 1 fully saturated rings. The number of hydrogen-bond donors (Lipinski definition) is 5. The highest BCUT2D eigenvalue weighted by molar-refractivity contribution is 8.00. The zero-order valence-corrected chi connectivity index (χ0v) is 13.4. The summed E-state index contributed by atoms with van der Waals surface area (Å²) in [4.78, 5) is 26.7. The maximum atomic E-state index is 11.6. The van der Waals surface area contributed by atoms with Crippen molar-refractivity contribution in [2.75, 3.05) is 12.4 Å². The van der Waals surface area contributed by atoms with Gasteiger partial charge in [0.25, 0.3) is 0 Å². The highest BCUT2D eigenvalue weighted by Gasteiger charge is 2.25. The smallest absolute Gasteiger partial charge is 0.312 e. The van der Waals surface area contributed by atoms with E-state index in [0.717, 1.165) is 31.4 Å². The number of carbonyl (C=O) groups excluding carboxylic acids is 2. The van der Waals surface area contributed by atoms with E-state index in [4.69, 9.17) is 11.6 Å². The van der Waals surface area contributed by atoms with Crippen LogP contribution >= 0.6 is 11.8 Å². The number of thioether (sulfide) groups is 1. The van der Waals surface area contributed by atoms with Crippen LogP contribution in [0.4, 0.5) is 4.79 Å². The van der Waals surface area contributed by atoms with E-state index in [2.05, 4.69) is 27.6 Å². The van der Waals surface area contributed by atoms with Gasteiger partial charge in [0.2, 0.25) is 5.91 Å². The van der Waals surface area contributed by atoms with Crippen LogP contribution in [-0.2, 0) is 9.63 Å². The molecule has 0 aromatic carbocycles. The fraction of sp³-hybridized carbons (Fsp3) is 0.692. The number of hydrazine groups is 1. The summed E-state index contributed by atoms with van der Waals surface area (Å²) in [5.74, 6) is 5.70. The first kappa shape index (κ1) is 18.6. The Labute approximate surface area is 134 Å². The van der Waals surface area contributed by atoms with E-state index < -0.39 is 6.03 Å². The van der Waals surface area contributed by atoms with Crippen molar-refractivity contribution in [3.63, 3.8) is 0 Å². The molecular weight excluding hydrogens is 306 g/mol. The van der Waals surface area contributed by atoms with Gasteiger partial charge in [-0.15, -0.1) is 0 Å². The van der Waals surface area contributed by atoms with Crippen molar-refractivity contribution in [2.45, 2.75) is 43.4 Å². The van der Waals surface area contributed by atoms with Crippen molar-refractivity contribution in [1.82, 2.24) is 16.2 Å². The van der Waals surface area contributed by atoms with Crippen LogP contribution in [0.2, 0.25) is 0 Å². The Bertz CT molecular complexity index is 394. The van der Waals surface area contributed by atoms with Crippen LogP contribution in [0.5, 0.6) is 0 Å². The third-order valence-corrected chi connectivity index (χ3v) is 4.74. The topological polar surface area (TPSA) is 132 Å². The molecule has 8 nitrogen and oxygen atoms in total. The molecule has 1 rings (SSSR count). The molecule has 0 aromatic rings. The molecule has 22 heavy (non-hydrogen) atoms. The van der Waals surface area contributed by atoms with Gasteiger partial charge in [-0.3, -0.25) is 15.1 Å². The van der Waals surface area contributed by atoms with Crippen molar-refractivity contribution >= 4 is 23.7 Å². The number of urea groups is 1. The molecule has 0 unspecified atom stereocenters. The van der Waals surface area contributed by atoms with E-state index in [0.29, 0.717) is 17.4 Å². The van der Waals surface area contributed by atoms with Crippen molar-refractivity contribution in [1.29, 1.82) is 0 Å². The molecule has 0 spiro atoms. The molecule has 0 radical (unpaired) electrons. The van der Waals surface area contributed by atoms with E-state index in [-0.39, 0.29) is 18.6 Å². The fourth-order valence-corrected chi connectivity index (χ4v) is 3.65. The van der Waals surface area contributed by atoms with Gasteiger partial charge in [0, 0.05) is 23.5 Å². The van der Waals surface area contributed by atoms with Crippen LogP contribution in [0.15, 0.2) is 12.3 Å². The van der Waals surface area contributed by atoms with Gasteiger partial charge in [0.15, 0.2) is 0 Å². The summed E-state index contributed by atoms with van der Waals surface area (Å²) in [5, 5.41) is 3.26. The number of primary amides is 1. The average molecular weight is 331 g/mol. The van der Waals surface area contributed by atoms with Gasteiger partial charge in [0.1, 0.15) is 6.61 Å². The van der Waals surface area contributed by atoms with Crippen LogP contribution in [0.25, 0.3) is 0 Å². The lowest BCUT2D eigenvalue weighted by atomic mass is 10.1. The number of rotatable bonds is 10. The average Bonchev–Trinajstić information content (AvgIpc) is 2.88. The maximum absolute atomic E-state index is 11.6. The number of carbonyl (C=O) groups is 2. The monoisotopic (exact) mass is 331 g/mol. The summed E-state index contributed by atoms with van der Waals surface area (Å²) in [6.07, 6.45) is 4.22. The number of nitrogens with one attached hydrogen (secondary N) is 3. The van der Waals surface area contributed by atoms with Gasteiger partial charge in [-0.1, -0.05) is 13.0 Å². The van der Waals surface area contributed by atoms with Crippen LogP contribution in [0.3, 0.4) is 0 Å². The fourth-order valence-electron chi connectivity index (χ4n) is 2.22. The minimum Gasteiger partial charge on any atom is -0.352 e. The van der Waals surface area contributed by atoms with Gasteiger partial charge in [0.05, 0.1) is 5.70 Å². The molecule has 126 valence electrons. The third-order valence-electron chi connectivity index (χ3n) is 3.24. The Balaban J connectivity index is 2.02. The van der Waals surface area contributed by atoms with E-state index in [1.54, 1.807) is 0 Å². The van der Waals surface area contributed by atoms with E-state index in [9.17, 15) is 9.59 Å². The molecule has 1 heterocycles. The first-order valence-corrected chi connectivity index (χ1v) is 8.28. The minimum absolute atomic E-state index is 0.0921. The predicted molar refractivity (Wildman–Crippen MR) is 86.4 cm³/mol. The Morgan fingerprint density at radius 2 is 2.09 bits per heavy atom. The normalized spacial score (nSPS) is 20.4. The van der Waals surface area contributed by atoms with Crippen molar-refractivity contribution in [3.05, 3.63) is 12.3 Å². The second kappa shape index (κ2) is 10.3. The van der Waals surface area contributed by atoms with E-state index in [1.165, 1.54) is 0 Å². The zero-order valence-electron chi connectivity index (χ0n) is 12.6. The van der Waals surface area contributed by atoms with Gasteiger partial charge >= 0.3 is 6.03 Å². The minimum atomic E-state index is -0.461. The molecule has 2 atom stereocenters. The Kier molecular flexibility index (Phi) is 8.71. The van der Waals surface area contributed by atoms with Crippen LogP contribution in [0, 0.1) is 0 Å². The number of hydrogen-bond acceptors (Lipinski definition) is 6. The molecule has 3 amide bonds. The second-order valence-electron chi connectivity index (χ2n) is 5.23.